The maximum atomic E-state index is 11.2. The first-order chi connectivity index (χ1) is 8.17. The van der Waals surface area contributed by atoms with Gasteiger partial charge in [0.2, 0.25) is 0 Å². The van der Waals surface area contributed by atoms with Gasteiger partial charge >= 0.3 is 5.97 Å². The van der Waals surface area contributed by atoms with Crippen molar-refractivity contribution in [1.82, 2.24) is 4.98 Å². The van der Waals surface area contributed by atoms with Gasteiger partial charge in [-0.15, -0.1) is 11.3 Å². The van der Waals surface area contributed by atoms with Crippen LogP contribution in [-0.4, -0.2) is 23.2 Å². The molecule has 1 aromatic rings. The van der Waals surface area contributed by atoms with Gasteiger partial charge in [-0.25, -0.2) is 9.78 Å². The molecule has 1 saturated carbocycles. The lowest BCUT2D eigenvalue weighted by atomic mass is 10.2. The van der Waals surface area contributed by atoms with E-state index in [2.05, 4.69) is 11.9 Å². The first-order valence-electron chi connectivity index (χ1n) is 5.94. The molecule has 1 fully saturated rings. The number of aromatic nitrogens is 1. The van der Waals surface area contributed by atoms with E-state index < -0.39 is 5.97 Å². The number of methoxy groups -OCH3 is 1. The van der Waals surface area contributed by atoms with Crippen molar-refractivity contribution in [3.05, 3.63) is 15.6 Å². The van der Waals surface area contributed by atoms with E-state index >= 15 is 0 Å². The van der Waals surface area contributed by atoms with E-state index in [1.807, 2.05) is 0 Å². The molecule has 0 aromatic carbocycles. The smallest absolute Gasteiger partial charge is 0.347 e. The van der Waals surface area contributed by atoms with Crippen LogP contribution in [0, 0.1) is 0 Å². The molecule has 0 bridgehead atoms. The summed E-state index contributed by atoms with van der Waals surface area (Å²) in [6.45, 7) is 2.08. The molecule has 0 radical (unpaired) electrons. The van der Waals surface area contributed by atoms with Gasteiger partial charge in [0.25, 0.3) is 0 Å². The molecule has 17 heavy (non-hydrogen) atoms. The van der Waals surface area contributed by atoms with E-state index in [0.29, 0.717) is 10.8 Å². The average Bonchev–Trinajstić information content (AvgIpc) is 3.05. The Labute approximate surface area is 105 Å². The monoisotopic (exact) mass is 255 g/mol. The van der Waals surface area contributed by atoms with E-state index in [0.717, 1.165) is 36.4 Å². The molecule has 1 unspecified atom stereocenters. The molecule has 1 aliphatic rings. The third-order valence-electron chi connectivity index (χ3n) is 2.94. The molecule has 1 atom stereocenters. The number of carbonyl (C=O) groups is 1. The lowest BCUT2D eigenvalue weighted by Crippen LogP contribution is -2.00. The van der Waals surface area contributed by atoms with Crippen molar-refractivity contribution in [3.8, 4) is 0 Å². The summed E-state index contributed by atoms with van der Waals surface area (Å²) >= 11 is 1.27. The molecule has 0 amide bonds. The van der Waals surface area contributed by atoms with Crippen molar-refractivity contribution in [3.63, 3.8) is 0 Å². The highest BCUT2D eigenvalue weighted by Gasteiger charge is 2.33. The quantitative estimate of drug-likeness (QED) is 0.848. The number of aromatic carboxylic acids is 1. The highest BCUT2D eigenvalue weighted by atomic mass is 32.1. The molecule has 1 heterocycles. The molecule has 0 aliphatic heterocycles. The Hall–Kier alpha value is -0.940. The maximum absolute atomic E-state index is 11.2. The zero-order valence-corrected chi connectivity index (χ0v) is 10.9. The Morgan fingerprint density at radius 2 is 2.35 bits per heavy atom. The second kappa shape index (κ2) is 5.14. The molecule has 2 rings (SSSR count). The van der Waals surface area contributed by atoms with Gasteiger partial charge in [0.1, 0.15) is 16.0 Å². The normalized spacial score (nSPS) is 17.1. The summed E-state index contributed by atoms with van der Waals surface area (Å²) in [5, 5.41) is 9.98. The van der Waals surface area contributed by atoms with Crippen molar-refractivity contribution in [2.45, 2.75) is 44.6 Å². The molecule has 4 nitrogen and oxygen atoms in total. The fourth-order valence-electron chi connectivity index (χ4n) is 1.88. The van der Waals surface area contributed by atoms with E-state index in [1.54, 1.807) is 7.11 Å². The van der Waals surface area contributed by atoms with Gasteiger partial charge in [-0.1, -0.05) is 13.3 Å². The van der Waals surface area contributed by atoms with Gasteiger partial charge in [-0.3, -0.25) is 0 Å². The Morgan fingerprint density at radius 3 is 2.82 bits per heavy atom. The molecule has 0 saturated heterocycles. The van der Waals surface area contributed by atoms with Crippen LogP contribution in [0.4, 0.5) is 0 Å². The van der Waals surface area contributed by atoms with Crippen LogP contribution in [0.15, 0.2) is 0 Å². The largest absolute Gasteiger partial charge is 0.477 e. The number of hydrogen-bond donors (Lipinski definition) is 1. The van der Waals surface area contributed by atoms with Crippen LogP contribution in [0.1, 0.15) is 65.0 Å². The number of hydrogen-bond acceptors (Lipinski definition) is 4. The van der Waals surface area contributed by atoms with Crippen LogP contribution in [0.2, 0.25) is 0 Å². The molecule has 1 N–H and O–H groups in total. The minimum atomic E-state index is -0.859. The van der Waals surface area contributed by atoms with Gasteiger partial charge in [-0.2, -0.15) is 0 Å². The standard InChI is InChI=1S/C12H17NO3S/c1-3-4-8(16-2)11-13-9(7-5-6-7)10(17-11)12(14)15/h7-8H,3-6H2,1-2H3,(H,14,15). The Bertz CT molecular complexity index is 412. The summed E-state index contributed by atoms with van der Waals surface area (Å²) in [7, 11) is 1.65. The number of nitrogens with zero attached hydrogens (tertiary/aromatic N) is 1. The number of carboxylic acids is 1. The van der Waals surface area contributed by atoms with Crippen LogP contribution in [0.25, 0.3) is 0 Å². The fraction of sp³-hybridized carbons (Fsp3) is 0.667. The number of ether oxygens (including phenoxy) is 1. The van der Waals surface area contributed by atoms with Crippen molar-refractivity contribution >= 4 is 17.3 Å². The minimum Gasteiger partial charge on any atom is -0.477 e. The van der Waals surface area contributed by atoms with Crippen molar-refractivity contribution in [2.24, 2.45) is 0 Å². The molecule has 1 aliphatic carbocycles. The molecular formula is C12H17NO3S. The van der Waals surface area contributed by atoms with Crippen molar-refractivity contribution in [2.75, 3.05) is 7.11 Å². The molecule has 5 heteroatoms. The number of carboxylic acid groups (broad SMARTS) is 1. The first-order valence-corrected chi connectivity index (χ1v) is 6.75. The Morgan fingerprint density at radius 1 is 1.65 bits per heavy atom. The zero-order chi connectivity index (χ0) is 12.4. The van der Waals surface area contributed by atoms with Gasteiger partial charge in [0, 0.05) is 13.0 Å². The van der Waals surface area contributed by atoms with Gasteiger partial charge in [-0.05, 0) is 19.3 Å². The number of rotatable bonds is 6. The summed E-state index contributed by atoms with van der Waals surface area (Å²) in [6.07, 6.45) is 3.95. The average molecular weight is 255 g/mol. The van der Waals surface area contributed by atoms with E-state index in [1.165, 1.54) is 11.3 Å². The lowest BCUT2D eigenvalue weighted by molar-refractivity contribution is 0.0700. The lowest BCUT2D eigenvalue weighted by Gasteiger charge is -2.10. The predicted octanol–water partition coefficient (Wildman–Crippen LogP) is 3.21. The van der Waals surface area contributed by atoms with Crippen molar-refractivity contribution < 1.29 is 14.6 Å². The van der Waals surface area contributed by atoms with Crippen LogP contribution < -0.4 is 0 Å². The topological polar surface area (TPSA) is 59.4 Å². The second-order valence-corrected chi connectivity index (χ2v) is 5.39. The summed E-state index contributed by atoms with van der Waals surface area (Å²) < 4.78 is 5.38. The van der Waals surface area contributed by atoms with Crippen LogP contribution in [0.3, 0.4) is 0 Å². The third kappa shape index (κ3) is 2.66. The SMILES string of the molecule is CCCC(OC)c1nc(C2CC2)c(C(=O)O)s1. The Balaban J connectivity index is 2.28. The first kappa shape index (κ1) is 12.5. The minimum absolute atomic E-state index is 0.0596. The summed E-state index contributed by atoms with van der Waals surface area (Å²) in [5.74, 6) is -0.493. The van der Waals surface area contributed by atoms with Gasteiger partial charge in [0.15, 0.2) is 0 Å². The summed E-state index contributed by atoms with van der Waals surface area (Å²) in [5.41, 5.74) is 0.774. The fourth-order valence-corrected chi connectivity index (χ4v) is 2.98. The third-order valence-corrected chi connectivity index (χ3v) is 4.09. The number of thiazole rings is 1. The van der Waals surface area contributed by atoms with Gasteiger partial charge in [0.05, 0.1) is 5.69 Å². The van der Waals surface area contributed by atoms with Crippen LogP contribution in [0.5, 0.6) is 0 Å². The maximum Gasteiger partial charge on any atom is 0.347 e. The second-order valence-electron chi connectivity index (χ2n) is 4.36. The predicted molar refractivity (Wildman–Crippen MR) is 65.7 cm³/mol. The van der Waals surface area contributed by atoms with E-state index in [4.69, 9.17) is 9.84 Å². The Kier molecular flexibility index (Phi) is 3.79. The van der Waals surface area contributed by atoms with Crippen LogP contribution >= 0.6 is 11.3 Å². The molecule has 94 valence electrons. The van der Waals surface area contributed by atoms with Gasteiger partial charge < -0.3 is 9.84 Å². The molecule has 1 aromatic heterocycles. The van der Waals surface area contributed by atoms with E-state index in [-0.39, 0.29) is 6.10 Å². The highest BCUT2D eigenvalue weighted by Crippen LogP contribution is 2.43. The molecule has 0 spiro atoms. The van der Waals surface area contributed by atoms with E-state index in [9.17, 15) is 4.79 Å². The van der Waals surface area contributed by atoms with Crippen LogP contribution in [-0.2, 0) is 4.74 Å². The summed E-state index contributed by atoms with van der Waals surface area (Å²) in [4.78, 5) is 16.1. The van der Waals surface area contributed by atoms with Crippen molar-refractivity contribution in [1.29, 1.82) is 0 Å². The zero-order valence-electron chi connectivity index (χ0n) is 10.1. The molecular weight excluding hydrogens is 238 g/mol. The summed E-state index contributed by atoms with van der Waals surface area (Å²) in [6, 6.07) is 0. The highest BCUT2D eigenvalue weighted by molar-refractivity contribution is 7.13.